The molecule has 1 aromatic carbocycles. The number of carboxylic acids is 1. The van der Waals surface area contributed by atoms with Crippen LogP contribution >= 0.6 is 0 Å². The maximum atomic E-state index is 10.7. The molecule has 0 aliphatic heterocycles. The Labute approximate surface area is 107 Å². The van der Waals surface area contributed by atoms with Gasteiger partial charge in [0.15, 0.2) is 11.5 Å². The predicted molar refractivity (Wildman–Crippen MR) is 68.1 cm³/mol. The zero-order valence-corrected chi connectivity index (χ0v) is 10.7. The van der Waals surface area contributed by atoms with E-state index >= 15 is 0 Å². The topological polar surface area (TPSA) is 81.8 Å². The van der Waals surface area contributed by atoms with Crippen molar-refractivity contribution < 1.29 is 19.4 Å². The Kier molecular flexibility index (Phi) is 5.45. The molecule has 0 aliphatic carbocycles. The third-order valence-corrected chi connectivity index (χ3v) is 2.38. The summed E-state index contributed by atoms with van der Waals surface area (Å²) >= 11 is 0. The van der Waals surface area contributed by atoms with Crippen LogP contribution in [0.15, 0.2) is 18.2 Å². The molecule has 5 nitrogen and oxygen atoms in total. The molecule has 0 amide bonds. The highest BCUT2D eigenvalue weighted by atomic mass is 16.5. The first-order valence-electron chi connectivity index (χ1n) is 5.95. The summed E-state index contributed by atoms with van der Waals surface area (Å²) in [6, 6.07) is 4.45. The van der Waals surface area contributed by atoms with E-state index in [1.54, 1.807) is 18.2 Å². The van der Waals surface area contributed by atoms with Crippen molar-refractivity contribution in [1.82, 2.24) is 0 Å². The maximum Gasteiger partial charge on any atom is 0.320 e. The first-order chi connectivity index (χ1) is 8.58. The fourth-order valence-electron chi connectivity index (χ4n) is 1.56. The highest BCUT2D eigenvalue weighted by molar-refractivity contribution is 5.73. The summed E-state index contributed by atoms with van der Waals surface area (Å²) in [5.74, 6) is 0.267. The molecule has 100 valence electrons. The van der Waals surface area contributed by atoms with Crippen molar-refractivity contribution in [3.8, 4) is 11.5 Å². The zero-order chi connectivity index (χ0) is 13.5. The van der Waals surface area contributed by atoms with E-state index in [1.165, 1.54) is 0 Å². The number of carboxylic acid groups (broad SMARTS) is 1. The Morgan fingerprint density at radius 3 is 2.44 bits per heavy atom. The average molecular weight is 253 g/mol. The van der Waals surface area contributed by atoms with Crippen molar-refractivity contribution in [1.29, 1.82) is 0 Å². The predicted octanol–water partition coefficient (Wildman–Crippen LogP) is 1.44. The van der Waals surface area contributed by atoms with Gasteiger partial charge in [0.2, 0.25) is 0 Å². The van der Waals surface area contributed by atoms with Crippen molar-refractivity contribution in [3.05, 3.63) is 23.8 Å². The van der Waals surface area contributed by atoms with Gasteiger partial charge in [-0.1, -0.05) is 6.07 Å². The molecule has 5 heteroatoms. The fraction of sp³-hybridized carbons (Fsp3) is 0.462. The van der Waals surface area contributed by atoms with Gasteiger partial charge in [-0.15, -0.1) is 0 Å². The first-order valence-corrected chi connectivity index (χ1v) is 5.95. The van der Waals surface area contributed by atoms with Crippen LogP contribution in [0.3, 0.4) is 0 Å². The lowest BCUT2D eigenvalue weighted by molar-refractivity contribution is -0.138. The molecule has 0 bridgehead atoms. The summed E-state index contributed by atoms with van der Waals surface area (Å²) in [5.41, 5.74) is 6.31. The Morgan fingerprint density at radius 2 is 1.89 bits per heavy atom. The number of carbonyl (C=O) groups is 1. The summed E-state index contributed by atoms with van der Waals surface area (Å²) in [7, 11) is 0. The van der Waals surface area contributed by atoms with Crippen LogP contribution in [0.1, 0.15) is 19.4 Å². The second-order valence-electron chi connectivity index (χ2n) is 3.80. The molecule has 0 aromatic heterocycles. The molecular formula is C13H19NO4. The van der Waals surface area contributed by atoms with Gasteiger partial charge in [-0.25, -0.2) is 0 Å². The quantitative estimate of drug-likeness (QED) is 0.768. The molecule has 0 spiro atoms. The van der Waals surface area contributed by atoms with Gasteiger partial charge in [0.1, 0.15) is 6.04 Å². The zero-order valence-electron chi connectivity index (χ0n) is 10.7. The Bertz CT molecular complexity index is 406. The van der Waals surface area contributed by atoms with Gasteiger partial charge < -0.3 is 20.3 Å². The summed E-state index contributed by atoms with van der Waals surface area (Å²) in [6.07, 6.45) is 0.266. The van der Waals surface area contributed by atoms with Crippen LogP contribution in [0.25, 0.3) is 0 Å². The number of benzene rings is 1. The van der Waals surface area contributed by atoms with Crippen LogP contribution in [-0.4, -0.2) is 30.3 Å². The lowest BCUT2D eigenvalue weighted by Crippen LogP contribution is -2.32. The van der Waals surface area contributed by atoms with Crippen LogP contribution in [-0.2, 0) is 11.2 Å². The second kappa shape index (κ2) is 6.86. The lowest BCUT2D eigenvalue weighted by Gasteiger charge is -2.13. The molecule has 0 fully saturated rings. The summed E-state index contributed by atoms with van der Waals surface area (Å²) in [6.45, 7) is 4.85. The fourth-order valence-corrected chi connectivity index (χ4v) is 1.56. The minimum atomic E-state index is -1.01. The smallest absolute Gasteiger partial charge is 0.320 e. The second-order valence-corrected chi connectivity index (χ2v) is 3.80. The van der Waals surface area contributed by atoms with Gasteiger partial charge in [-0.2, -0.15) is 0 Å². The number of hydrogen-bond donors (Lipinski definition) is 2. The molecule has 0 saturated carbocycles. The largest absolute Gasteiger partial charge is 0.490 e. The summed E-state index contributed by atoms with van der Waals surface area (Å²) in [5, 5.41) is 8.77. The Morgan fingerprint density at radius 1 is 1.28 bits per heavy atom. The molecule has 3 N–H and O–H groups in total. The van der Waals surface area contributed by atoms with E-state index in [-0.39, 0.29) is 6.42 Å². The van der Waals surface area contributed by atoms with E-state index in [0.717, 1.165) is 5.56 Å². The van der Waals surface area contributed by atoms with E-state index in [2.05, 4.69) is 0 Å². The molecule has 1 rings (SSSR count). The summed E-state index contributed by atoms with van der Waals surface area (Å²) in [4.78, 5) is 10.7. The van der Waals surface area contributed by atoms with E-state index < -0.39 is 12.0 Å². The van der Waals surface area contributed by atoms with Crippen LogP contribution in [0.2, 0.25) is 0 Å². The SMILES string of the molecule is CCOc1ccc(CC(N)C(=O)O)cc1OCC. The van der Waals surface area contributed by atoms with Crippen LogP contribution < -0.4 is 15.2 Å². The number of aliphatic carboxylic acids is 1. The molecule has 0 heterocycles. The van der Waals surface area contributed by atoms with Crippen LogP contribution in [0, 0.1) is 0 Å². The van der Waals surface area contributed by atoms with E-state index in [4.69, 9.17) is 20.3 Å². The normalized spacial score (nSPS) is 11.9. The van der Waals surface area contributed by atoms with E-state index in [0.29, 0.717) is 24.7 Å². The van der Waals surface area contributed by atoms with Crippen molar-refractivity contribution in [2.75, 3.05) is 13.2 Å². The molecule has 0 aliphatic rings. The van der Waals surface area contributed by atoms with Crippen molar-refractivity contribution in [3.63, 3.8) is 0 Å². The van der Waals surface area contributed by atoms with Gasteiger partial charge in [0, 0.05) is 0 Å². The molecule has 1 atom stereocenters. The van der Waals surface area contributed by atoms with Gasteiger partial charge >= 0.3 is 5.97 Å². The Balaban J connectivity index is 2.88. The van der Waals surface area contributed by atoms with E-state index in [1.807, 2.05) is 13.8 Å². The van der Waals surface area contributed by atoms with Crippen molar-refractivity contribution >= 4 is 5.97 Å². The monoisotopic (exact) mass is 253 g/mol. The van der Waals surface area contributed by atoms with Crippen molar-refractivity contribution in [2.45, 2.75) is 26.3 Å². The third kappa shape index (κ3) is 3.92. The highest BCUT2D eigenvalue weighted by Gasteiger charge is 2.14. The Hall–Kier alpha value is -1.75. The average Bonchev–Trinajstić information content (AvgIpc) is 2.33. The first kappa shape index (κ1) is 14.3. The van der Waals surface area contributed by atoms with Crippen LogP contribution in [0.4, 0.5) is 0 Å². The molecule has 0 radical (unpaired) electrons. The number of rotatable bonds is 7. The maximum absolute atomic E-state index is 10.7. The number of hydrogen-bond acceptors (Lipinski definition) is 4. The van der Waals surface area contributed by atoms with Crippen LogP contribution in [0.5, 0.6) is 11.5 Å². The number of ether oxygens (including phenoxy) is 2. The lowest BCUT2D eigenvalue weighted by atomic mass is 10.1. The highest BCUT2D eigenvalue weighted by Crippen LogP contribution is 2.28. The summed E-state index contributed by atoms with van der Waals surface area (Å²) < 4.78 is 10.9. The van der Waals surface area contributed by atoms with Gasteiger partial charge in [-0.05, 0) is 38.0 Å². The standard InChI is InChI=1S/C13H19NO4/c1-3-17-11-6-5-9(7-10(14)13(15)16)8-12(11)18-4-2/h5-6,8,10H,3-4,7,14H2,1-2H3,(H,15,16). The van der Waals surface area contributed by atoms with Gasteiger partial charge in [-0.3, -0.25) is 4.79 Å². The van der Waals surface area contributed by atoms with E-state index in [9.17, 15) is 4.79 Å². The minimum absolute atomic E-state index is 0.266. The molecule has 0 saturated heterocycles. The van der Waals surface area contributed by atoms with Gasteiger partial charge in [0.25, 0.3) is 0 Å². The minimum Gasteiger partial charge on any atom is -0.490 e. The van der Waals surface area contributed by atoms with Gasteiger partial charge in [0.05, 0.1) is 13.2 Å². The molecule has 1 aromatic rings. The molecular weight excluding hydrogens is 234 g/mol. The molecule has 18 heavy (non-hydrogen) atoms. The molecule has 1 unspecified atom stereocenters. The van der Waals surface area contributed by atoms with Crippen molar-refractivity contribution in [2.24, 2.45) is 5.73 Å². The third-order valence-electron chi connectivity index (χ3n) is 2.38. The number of nitrogens with two attached hydrogens (primary N) is 1.